The normalized spacial score (nSPS) is 15.2. The summed E-state index contributed by atoms with van der Waals surface area (Å²) < 4.78 is 12.2. The minimum atomic E-state index is -0.943. The van der Waals surface area contributed by atoms with Gasteiger partial charge >= 0.3 is 5.97 Å². The number of amides is 1. The number of nitrogen functional groups attached to an aromatic ring is 1. The molecule has 0 atom stereocenters. The van der Waals surface area contributed by atoms with Crippen molar-refractivity contribution in [3.63, 3.8) is 0 Å². The maximum atomic E-state index is 12.8. The van der Waals surface area contributed by atoms with Crippen LogP contribution in [0.1, 0.15) is 68.7 Å². The minimum absolute atomic E-state index is 0.188. The Bertz CT molecular complexity index is 2550. The number of nitrogens with one attached hydrogen (secondary N) is 1. The molecule has 4 aliphatic heterocycles. The summed E-state index contributed by atoms with van der Waals surface area (Å²) in [6.07, 6.45) is 9.78. The fourth-order valence-electron chi connectivity index (χ4n) is 8.04. The number of thiazole rings is 2. The fraction of sp³-hybridized carbons (Fsp3) is 0.292. The summed E-state index contributed by atoms with van der Waals surface area (Å²) in [5.41, 5.74) is 13.0. The Hall–Kier alpha value is -6.26. The number of anilines is 2. The number of carbonyl (C=O) groups is 2. The number of aromatic carboxylic acids is 1. The summed E-state index contributed by atoms with van der Waals surface area (Å²) in [7, 11) is 0. The molecule has 324 valence electrons. The molecular formula is C48H50N8O5S2. The average molecular weight is 883 g/mol. The highest BCUT2D eigenvalue weighted by Crippen LogP contribution is 2.36. The van der Waals surface area contributed by atoms with Gasteiger partial charge in [0.2, 0.25) is 0 Å². The molecule has 0 bridgehead atoms. The number of rotatable bonds is 13. The first-order valence-corrected chi connectivity index (χ1v) is 23.0. The summed E-state index contributed by atoms with van der Waals surface area (Å²) in [5.74, 6) is 0.533. The number of carbonyl (C=O) groups excluding carboxylic acids is 1. The molecule has 2 saturated heterocycles. The summed E-state index contributed by atoms with van der Waals surface area (Å²) in [5, 5.41) is 17.1. The molecule has 4 aliphatic rings. The van der Waals surface area contributed by atoms with E-state index in [0.29, 0.717) is 47.6 Å². The molecule has 63 heavy (non-hydrogen) atoms. The molecular weight excluding hydrogens is 833 g/mol. The van der Waals surface area contributed by atoms with Crippen LogP contribution in [-0.2, 0) is 12.8 Å². The first kappa shape index (κ1) is 43.4. The molecule has 6 heterocycles. The van der Waals surface area contributed by atoms with Gasteiger partial charge in [0.25, 0.3) is 5.91 Å². The van der Waals surface area contributed by atoms with Gasteiger partial charge in [0.05, 0.1) is 33.9 Å². The van der Waals surface area contributed by atoms with Crippen LogP contribution in [0.25, 0.3) is 0 Å². The highest BCUT2D eigenvalue weighted by atomic mass is 32.1. The first-order chi connectivity index (χ1) is 30.9. The van der Waals surface area contributed by atoms with E-state index in [4.69, 9.17) is 20.2 Å². The van der Waals surface area contributed by atoms with E-state index in [9.17, 15) is 14.7 Å². The number of carboxylic acid groups (broad SMARTS) is 1. The van der Waals surface area contributed by atoms with E-state index in [1.165, 1.54) is 61.4 Å². The standard InChI is InChI=1S/C24H24N4O2S.C21H22N2O3.C3H4N2S/c29-23(27-24-25-10-15-31-24)19-8-5-6-17-16-20(26-22(17)19)18-7-1-2-9-21(18)30-14-13-28-11-3-4-12-28;24-21(25)17-8-5-6-15-14-18(22-20(15)17)16-7-1-2-9-19(16)26-13-12-23-10-3-4-11-23;4-3-5-1-2-6-3/h1-2,5-10,15H,3-4,11-14,16H2,(H,25,27,29);1-2,5-9H,3-4,10-14H2,(H,24,25);1-2H,(H2,4,5). The Morgan fingerprint density at radius 1 is 0.651 bits per heavy atom. The van der Waals surface area contributed by atoms with Gasteiger partial charge in [-0.3, -0.25) is 29.9 Å². The van der Waals surface area contributed by atoms with Crippen molar-refractivity contribution in [2.45, 2.75) is 38.5 Å². The predicted molar refractivity (Wildman–Crippen MR) is 251 cm³/mol. The van der Waals surface area contributed by atoms with Crippen LogP contribution in [0.3, 0.4) is 0 Å². The zero-order chi connectivity index (χ0) is 43.4. The third kappa shape index (κ3) is 11.2. The highest BCUT2D eigenvalue weighted by Gasteiger charge is 2.25. The third-order valence-electron chi connectivity index (χ3n) is 11.2. The van der Waals surface area contributed by atoms with Crippen LogP contribution in [0.2, 0.25) is 0 Å². The lowest BCUT2D eigenvalue weighted by molar-refractivity contribution is 0.0697. The largest absolute Gasteiger partial charge is 0.492 e. The molecule has 4 aromatic carbocycles. The number of hydrogen-bond donors (Lipinski definition) is 3. The van der Waals surface area contributed by atoms with Crippen molar-refractivity contribution in [3.05, 3.63) is 141 Å². The quantitative estimate of drug-likeness (QED) is 0.102. The Morgan fingerprint density at radius 3 is 1.63 bits per heavy atom. The van der Waals surface area contributed by atoms with Crippen molar-refractivity contribution >= 4 is 67.6 Å². The second kappa shape index (κ2) is 21.2. The first-order valence-electron chi connectivity index (χ1n) is 21.3. The number of nitrogens with two attached hydrogens (primary N) is 1. The molecule has 1 amide bonds. The Balaban J connectivity index is 0.000000154. The lowest BCUT2D eigenvalue weighted by Crippen LogP contribution is -2.25. The number of nitrogens with zero attached hydrogens (tertiary/aromatic N) is 6. The van der Waals surface area contributed by atoms with Crippen molar-refractivity contribution in [3.8, 4) is 11.5 Å². The molecule has 4 N–H and O–H groups in total. The molecule has 0 unspecified atom stereocenters. The number of benzene rings is 4. The van der Waals surface area contributed by atoms with Gasteiger partial charge in [-0.15, -0.1) is 22.7 Å². The van der Waals surface area contributed by atoms with Crippen LogP contribution in [0.4, 0.5) is 21.6 Å². The van der Waals surface area contributed by atoms with Gasteiger partial charge in [-0.1, -0.05) is 48.5 Å². The Morgan fingerprint density at radius 2 is 1.16 bits per heavy atom. The van der Waals surface area contributed by atoms with Gasteiger partial charge < -0.3 is 20.3 Å². The molecule has 10 rings (SSSR count). The number of fused-ring (bicyclic) bond motifs is 2. The van der Waals surface area contributed by atoms with E-state index in [1.807, 2.05) is 83.6 Å². The number of carboxylic acids is 1. The number of ether oxygens (including phenoxy) is 2. The second-order valence-corrected chi connectivity index (χ2v) is 17.2. The molecule has 15 heteroatoms. The van der Waals surface area contributed by atoms with E-state index in [2.05, 4.69) is 30.1 Å². The summed E-state index contributed by atoms with van der Waals surface area (Å²) >= 11 is 2.84. The Kier molecular flexibility index (Phi) is 14.6. The van der Waals surface area contributed by atoms with Gasteiger partial charge in [0, 0.05) is 60.2 Å². The van der Waals surface area contributed by atoms with E-state index < -0.39 is 5.97 Å². The zero-order valence-corrected chi connectivity index (χ0v) is 36.6. The topological polar surface area (TPSA) is 168 Å². The van der Waals surface area contributed by atoms with Crippen LogP contribution in [0.5, 0.6) is 11.5 Å². The molecule has 2 aromatic heterocycles. The van der Waals surface area contributed by atoms with Crippen molar-refractivity contribution in [2.75, 3.05) is 63.5 Å². The average Bonchev–Trinajstić information content (AvgIpc) is 4.16. The monoisotopic (exact) mass is 882 g/mol. The van der Waals surface area contributed by atoms with Crippen LogP contribution in [0.15, 0.2) is 118 Å². The number of aliphatic imine (C=N–C) groups is 2. The Labute approximate surface area is 375 Å². The molecule has 0 aliphatic carbocycles. The summed E-state index contributed by atoms with van der Waals surface area (Å²) in [6, 6.07) is 27.0. The molecule has 0 saturated carbocycles. The van der Waals surface area contributed by atoms with Gasteiger partial charge in [0.1, 0.15) is 24.7 Å². The van der Waals surface area contributed by atoms with Crippen LogP contribution in [0, 0.1) is 0 Å². The van der Waals surface area contributed by atoms with Crippen LogP contribution in [-0.4, -0.2) is 101 Å². The number of likely N-dealkylation sites (tertiary alicyclic amines) is 2. The van der Waals surface area contributed by atoms with Gasteiger partial charge in [-0.05, 0) is 99.4 Å². The van der Waals surface area contributed by atoms with Gasteiger partial charge in [-0.25, -0.2) is 14.8 Å². The highest BCUT2D eigenvalue weighted by molar-refractivity contribution is 7.13. The maximum Gasteiger partial charge on any atom is 0.337 e. The smallest absolute Gasteiger partial charge is 0.337 e. The lowest BCUT2D eigenvalue weighted by atomic mass is 10.0. The van der Waals surface area contributed by atoms with E-state index in [-0.39, 0.29) is 11.5 Å². The number of aromatic nitrogens is 2. The van der Waals surface area contributed by atoms with Crippen molar-refractivity contribution in [1.29, 1.82) is 0 Å². The molecule has 2 fully saturated rings. The minimum Gasteiger partial charge on any atom is -0.492 e. The van der Waals surface area contributed by atoms with Gasteiger partial charge in [-0.2, -0.15) is 0 Å². The molecule has 13 nitrogen and oxygen atoms in total. The van der Waals surface area contributed by atoms with Crippen LogP contribution >= 0.6 is 22.7 Å². The predicted octanol–water partition coefficient (Wildman–Crippen LogP) is 8.81. The van der Waals surface area contributed by atoms with Crippen molar-refractivity contribution in [2.24, 2.45) is 9.98 Å². The van der Waals surface area contributed by atoms with E-state index >= 15 is 0 Å². The maximum absolute atomic E-state index is 12.8. The van der Waals surface area contributed by atoms with Gasteiger partial charge in [0.15, 0.2) is 10.3 Å². The number of para-hydroxylation sites is 4. The van der Waals surface area contributed by atoms with Crippen molar-refractivity contribution < 1.29 is 24.2 Å². The lowest BCUT2D eigenvalue weighted by Gasteiger charge is -2.16. The molecule has 0 radical (unpaired) electrons. The van der Waals surface area contributed by atoms with E-state index in [1.54, 1.807) is 24.5 Å². The molecule has 6 aromatic rings. The fourth-order valence-corrected chi connectivity index (χ4v) is 8.94. The number of hydrogen-bond acceptors (Lipinski definition) is 13. The second-order valence-electron chi connectivity index (χ2n) is 15.4. The van der Waals surface area contributed by atoms with Crippen molar-refractivity contribution in [1.82, 2.24) is 19.8 Å². The van der Waals surface area contributed by atoms with Crippen LogP contribution < -0.4 is 20.5 Å². The molecule has 0 spiro atoms. The third-order valence-corrected chi connectivity index (χ3v) is 12.4. The zero-order valence-electron chi connectivity index (χ0n) is 34.9. The summed E-state index contributed by atoms with van der Waals surface area (Å²) in [4.78, 5) is 46.5. The SMILES string of the molecule is Nc1nccs1.O=C(Nc1nccs1)c1cccc2c1N=C(c1ccccc1OCCN1CCCC1)C2.O=C(O)c1cccc2c1N=C(c1ccccc1OCCN1CCCC1)C2. The summed E-state index contributed by atoms with van der Waals surface area (Å²) in [6.45, 7) is 7.84. The van der Waals surface area contributed by atoms with E-state index in [0.717, 1.165) is 77.0 Å².